The highest BCUT2D eigenvalue weighted by Gasteiger charge is 2.42. The number of nitro groups is 1. The van der Waals surface area contributed by atoms with Crippen molar-refractivity contribution in [1.82, 2.24) is 0 Å². The number of rotatable bonds is 4. The molecule has 0 radical (unpaired) electrons. The molecule has 0 bridgehead atoms. The van der Waals surface area contributed by atoms with Gasteiger partial charge >= 0.3 is 16.6 Å². The van der Waals surface area contributed by atoms with Gasteiger partial charge < -0.3 is 0 Å². The Kier molecular flexibility index (Phi) is 2.98. The Bertz CT molecular complexity index is 272. The third-order valence-corrected chi connectivity index (χ3v) is 0.978. The van der Waals surface area contributed by atoms with Crippen molar-refractivity contribution in [3.05, 3.63) is 10.1 Å². The minimum Gasteiger partial charge on any atom is -0.264 e. The second-order valence-corrected chi connectivity index (χ2v) is 2.56. The lowest BCUT2D eigenvalue weighted by Crippen LogP contribution is -2.31. The Hall–Kier alpha value is -0.900. The van der Waals surface area contributed by atoms with Gasteiger partial charge in [-0.2, -0.15) is 21.4 Å². The van der Waals surface area contributed by atoms with Crippen LogP contribution in [0, 0.1) is 10.1 Å². The highest BCUT2D eigenvalue weighted by atomic mass is 32.3. The maximum absolute atomic E-state index is 11.9. The quantitative estimate of drug-likeness (QED) is 0.372. The molecule has 0 aliphatic heterocycles. The first-order valence-electron chi connectivity index (χ1n) is 2.27. The van der Waals surface area contributed by atoms with Gasteiger partial charge in [0.25, 0.3) is 6.54 Å². The zero-order valence-electron chi connectivity index (χ0n) is 5.24. The number of alkyl halides is 2. The molecule has 0 aliphatic carbocycles. The average molecular weight is 209 g/mol. The van der Waals surface area contributed by atoms with Crippen LogP contribution >= 0.6 is 0 Å². The number of hydrogen-bond acceptors (Lipinski definition) is 5. The molecule has 0 spiro atoms. The molecular formula is C2H2F3NO5S. The molecule has 0 aromatic rings. The molecule has 0 unspecified atom stereocenters. The van der Waals surface area contributed by atoms with Crippen LogP contribution in [0.1, 0.15) is 0 Å². The zero-order valence-corrected chi connectivity index (χ0v) is 6.05. The fourth-order valence-corrected chi connectivity index (χ4v) is 0.666. The molecule has 10 heteroatoms. The molecule has 0 aromatic heterocycles. The van der Waals surface area contributed by atoms with Crippen molar-refractivity contribution in [1.29, 1.82) is 0 Å². The molecule has 0 amide bonds. The summed E-state index contributed by atoms with van der Waals surface area (Å²) < 4.78 is 56.5. The van der Waals surface area contributed by atoms with Gasteiger partial charge in [-0.05, 0) is 0 Å². The third kappa shape index (κ3) is 5.85. The summed E-state index contributed by atoms with van der Waals surface area (Å²) >= 11 is 0. The van der Waals surface area contributed by atoms with Crippen LogP contribution in [0.5, 0.6) is 0 Å². The van der Waals surface area contributed by atoms with E-state index in [1.165, 1.54) is 0 Å². The van der Waals surface area contributed by atoms with Crippen molar-refractivity contribution in [3.63, 3.8) is 0 Å². The third-order valence-electron chi connectivity index (χ3n) is 0.535. The van der Waals surface area contributed by atoms with E-state index >= 15 is 0 Å². The summed E-state index contributed by atoms with van der Waals surface area (Å²) in [6.45, 7) is -2.11. The van der Waals surface area contributed by atoms with E-state index in [1.807, 2.05) is 0 Å². The van der Waals surface area contributed by atoms with Crippen LogP contribution in [-0.4, -0.2) is 26.0 Å². The summed E-state index contributed by atoms with van der Waals surface area (Å²) in [4.78, 5) is 7.89. The summed E-state index contributed by atoms with van der Waals surface area (Å²) in [7, 11) is -5.88. The summed E-state index contributed by atoms with van der Waals surface area (Å²) in [6, 6.07) is 0. The Labute approximate surface area is 64.5 Å². The number of hydrogen-bond donors (Lipinski definition) is 0. The van der Waals surface area contributed by atoms with Gasteiger partial charge in [0.2, 0.25) is 0 Å². The normalized spacial score (nSPS) is 12.9. The van der Waals surface area contributed by atoms with Crippen molar-refractivity contribution >= 4 is 10.5 Å². The summed E-state index contributed by atoms with van der Waals surface area (Å²) in [5.74, 6) is 0. The predicted molar refractivity (Wildman–Crippen MR) is 27.9 cm³/mol. The maximum Gasteiger partial charge on any atom is 0.442 e. The van der Waals surface area contributed by atoms with Crippen LogP contribution in [0.25, 0.3) is 0 Å². The molecule has 0 saturated carbocycles. The first-order valence-corrected chi connectivity index (χ1v) is 3.58. The van der Waals surface area contributed by atoms with E-state index in [9.17, 15) is 31.2 Å². The van der Waals surface area contributed by atoms with E-state index in [-0.39, 0.29) is 0 Å². The molecule has 0 aliphatic rings. The van der Waals surface area contributed by atoms with Crippen LogP contribution in [0.15, 0.2) is 0 Å². The number of halogens is 3. The van der Waals surface area contributed by atoms with Gasteiger partial charge in [-0.15, -0.1) is 0 Å². The molecule has 0 fully saturated rings. The molecule has 0 atom stereocenters. The number of nitrogens with zero attached hydrogens (tertiary/aromatic N) is 1. The van der Waals surface area contributed by atoms with Crippen LogP contribution in [0.2, 0.25) is 0 Å². The molecule has 0 aromatic carbocycles. The molecule has 6 nitrogen and oxygen atoms in total. The van der Waals surface area contributed by atoms with E-state index in [2.05, 4.69) is 4.18 Å². The monoisotopic (exact) mass is 209 g/mol. The highest BCUT2D eigenvalue weighted by molar-refractivity contribution is 7.81. The Morgan fingerprint density at radius 3 is 2.17 bits per heavy atom. The largest absolute Gasteiger partial charge is 0.442 e. The second kappa shape index (κ2) is 3.23. The SMILES string of the molecule is O=[N+]([O-])CC(F)(F)OS(=O)(=O)F. The zero-order chi connectivity index (χ0) is 9.99. The Morgan fingerprint density at radius 2 is 1.92 bits per heavy atom. The van der Waals surface area contributed by atoms with Gasteiger partial charge in [-0.1, -0.05) is 3.89 Å². The molecular weight excluding hydrogens is 207 g/mol. The van der Waals surface area contributed by atoms with E-state index in [0.29, 0.717) is 0 Å². The molecule has 72 valence electrons. The lowest BCUT2D eigenvalue weighted by atomic mass is 10.6. The topological polar surface area (TPSA) is 86.5 Å². The van der Waals surface area contributed by atoms with Crippen LogP contribution in [0.3, 0.4) is 0 Å². The van der Waals surface area contributed by atoms with Gasteiger partial charge in [-0.3, -0.25) is 10.1 Å². The van der Waals surface area contributed by atoms with E-state index < -0.39 is 28.1 Å². The van der Waals surface area contributed by atoms with Crippen LogP contribution in [0.4, 0.5) is 12.7 Å². The van der Waals surface area contributed by atoms with Crippen LogP contribution < -0.4 is 0 Å². The van der Waals surface area contributed by atoms with E-state index in [0.717, 1.165) is 0 Å². The fraction of sp³-hybridized carbons (Fsp3) is 1.00. The Morgan fingerprint density at radius 1 is 1.50 bits per heavy atom. The van der Waals surface area contributed by atoms with Gasteiger partial charge in [0.1, 0.15) is 0 Å². The molecule has 0 saturated heterocycles. The van der Waals surface area contributed by atoms with Gasteiger partial charge in [0.15, 0.2) is 0 Å². The maximum atomic E-state index is 11.9. The standard InChI is InChI=1S/C2H2F3NO5S/c3-2(4,1-6(7)8)11-12(5,9)10/h1H2. The van der Waals surface area contributed by atoms with E-state index in [4.69, 9.17) is 0 Å². The van der Waals surface area contributed by atoms with Gasteiger partial charge in [0, 0.05) is 4.92 Å². The first-order chi connectivity index (χ1) is 5.12. The van der Waals surface area contributed by atoms with Gasteiger partial charge in [-0.25, -0.2) is 0 Å². The van der Waals surface area contributed by atoms with Crippen molar-refractivity contribution in [2.24, 2.45) is 0 Å². The minimum atomic E-state index is -5.88. The molecule has 0 rings (SSSR count). The predicted octanol–water partition coefficient (Wildman–Crippen LogP) is 0.0868. The van der Waals surface area contributed by atoms with Crippen molar-refractivity contribution in [2.75, 3.05) is 6.54 Å². The second-order valence-electron chi connectivity index (χ2n) is 1.60. The van der Waals surface area contributed by atoms with Crippen molar-refractivity contribution in [2.45, 2.75) is 6.11 Å². The van der Waals surface area contributed by atoms with Gasteiger partial charge in [0.05, 0.1) is 0 Å². The highest BCUT2D eigenvalue weighted by Crippen LogP contribution is 2.18. The van der Waals surface area contributed by atoms with Crippen molar-refractivity contribution < 1.29 is 30.2 Å². The summed E-state index contributed by atoms with van der Waals surface area (Å²) in [5.41, 5.74) is 0. The molecule has 0 heterocycles. The average Bonchev–Trinajstić information content (AvgIpc) is 1.48. The van der Waals surface area contributed by atoms with Crippen LogP contribution in [-0.2, 0) is 14.7 Å². The Balaban J connectivity index is 4.33. The first kappa shape index (κ1) is 11.1. The molecule has 12 heavy (non-hydrogen) atoms. The smallest absolute Gasteiger partial charge is 0.264 e. The van der Waals surface area contributed by atoms with E-state index in [1.54, 1.807) is 0 Å². The fourth-order valence-electron chi connectivity index (χ4n) is 0.322. The minimum absolute atomic E-state index is 1.54. The molecule has 0 N–H and O–H groups in total. The lowest BCUT2D eigenvalue weighted by Gasteiger charge is -2.07. The van der Waals surface area contributed by atoms with Crippen molar-refractivity contribution in [3.8, 4) is 0 Å². The lowest BCUT2D eigenvalue weighted by molar-refractivity contribution is -0.521. The summed E-state index contributed by atoms with van der Waals surface area (Å²) in [6.07, 6.45) is -4.66. The summed E-state index contributed by atoms with van der Waals surface area (Å²) in [5, 5.41) is 9.43.